The van der Waals surface area contributed by atoms with Crippen LogP contribution < -0.4 is 11.5 Å². The fourth-order valence-corrected chi connectivity index (χ4v) is 1.45. The quantitative estimate of drug-likeness (QED) is 0.600. The number of allylic oxidation sites excluding steroid dienone is 4. The van der Waals surface area contributed by atoms with E-state index in [1.165, 1.54) is 11.1 Å². The topological polar surface area (TPSA) is 52.0 Å². The molecular weight excluding hydrogens is 196 g/mol. The van der Waals surface area contributed by atoms with Crippen LogP contribution in [0.4, 0.5) is 5.69 Å². The Morgan fingerprint density at radius 1 is 1.19 bits per heavy atom. The first-order chi connectivity index (χ1) is 7.61. The number of hydrogen-bond donors (Lipinski definition) is 2. The molecule has 0 aliphatic rings. The van der Waals surface area contributed by atoms with Crippen molar-refractivity contribution in [3.05, 3.63) is 53.3 Å². The minimum Gasteiger partial charge on any atom is -0.402 e. The molecule has 0 radical (unpaired) electrons. The van der Waals surface area contributed by atoms with Crippen LogP contribution in [0.5, 0.6) is 0 Å². The molecule has 2 heteroatoms. The van der Waals surface area contributed by atoms with Gasteiger partial charge in [-0.3, -0.25) is 0 Å². The van der Waals surface area contributed by atoms with E-state index in [1.54, 1.807) is 0 Å². The monoisotopic (exact) mass is 216 g/mol. The molecule has 0 saturated carbocycles. The summed E-state index contributed by atoms with van der Waals surface area (Å²) in [5.74, 6) is 0. The van der Waals surface area contributed by atoms with Gasteiger partial charge < -0.3 is 11.5 Å². The largest absolute Gasteiger partial charge is 0.402 e. The van der Waals surface area contributed by atoms with Crippen LogP contribution in [0.3, 0.4) is 0 Å². The Kier molecular flexibility index (Phi) is 4.65. The van der Waals surface area contributed by atoms with E-state index in [0.29, 0.717) is 0 Å². The molecule has 0 aliphatic carbocycles. The lowest BCUT2D eigenvalue weighted by Crippen LogP contribution is -1.92. The summed E-state index contributed by atoms with van der Waals surface area (Å²) in [6.45, 7) is 4.05. The van der Waals surface area contributed by atoms with Gasteiger partial charge in [-0.15, -0.1) is 0 Å². The molecule has 0 atom stereocenters. The Labute approximate surface area is 97.7 Å². The van der Waals surface area contributed by atoms with E-state index < -0.39 is 0 Å². The van der Waals surface area contributed by atoms with Gasteiger partial charge in [0.05, 0.1) is 0 Å². The molecule has 0 saturated heterocycles. The van der Waals surface area contributed by atoms with Crippen molar-refractivity contribution in [1.82, 2.24) is 0 Å². The van der Waals surface area contributed by atoms with E-state index in [4.69, 9.17) is 11.5 Å². The highest BCUT2D eigenvalue weighted by atomic mass is 14.5. The number of rotatable bonds is 4. The Balaban J connectivity index is 2.74. The Hall–Kier alpha value is -1.70. The molecule has 16 heavy (non-hydrogen) atoms. The summed E-state index contributed by atoms with van der Waals surface area (Å²) in [5.41, 5.74) is 15.6. The van der Waals surface area contributed by atoms with E-state index in [0.717, 1.165) is 24.2 Å². The molecule has 0 unspecified atom stereocenters. The zero-order valence-corrected chi connectivity index (χ0v) is 10.0. The molecular formula is C14H20N2. The SMILES string of the molecule is CC/C(=C\C=C(/C)N)Cc1ccc(N)cc1. The summed E-state index contributed by atoms with van der Waals surface area (Å²) in [6, 6.07) is 8.01. The minimum atomic E-state index is 0.809. The van der Waals surface area contributed by atoms with Gasteiger partial charge in [0.1, 0.15) is 0 Å². The minimum absolute atomic E-state index is 0.809. The predicted molar refractivity (Wildman–Crippen MR) is 70.9 cm³/mol. The molecule has 0 aromatic heterocycles. The first-order valence-corrected chi connectivity index (χ1v) is 5.58. The molecule has 86 valence electrons. The number of hydrogen-bond acceptors (Lipinski definition) is 2. The number of nitrogen functional groups attached to an aromatic ring is 1. The highest BCUT2D eigenvalue weighted by molar-refractivity contribution is 5.40. The van der Waals surface area contributed by atoms with Crippen molar-refractivity contribution in [3.8, 4) is 0 Å². The zero-order valence-electron chi connectivity index (χ0n) is 10.0. The fourth-order valence-electron chi connectivity index (χ4n) is 1.45. The van der Waals surface area contributed by atoms with Crippen molar-refractivity contribution >= 4 is 5.69 Å². The highest BCUT2D eigenvalue weighted by Crippen LogP contribution is 2.13. The maximum atomic E-state index is 5.65. The van der Waals surface area contributed by atoms with Crippen LogP contribution in [0.25, 0.3) is 0 Å². The summed E-state index contributed by atoms with van der Waals surface area (Å²) in [5, 5.41) is 0. The van der Waals surface area contributed by atoms with Gasteiger partial charge in [-0.25, -0.2) is 0 Å². The average Bonchev–Trinajstić information content (AvgIpc) is 2.26. The van der Waals surface area contributed by atoms with E-state index in [2.05, 4.69) is 25.1 Å². The van der Waals surface area contributed by atoms with Crippen LogP contribution in [-0.4, -0.2) is 0 Å². The lowest BCUT2D eigenvalue weighted by Gasteiger charge is -2.04. The third-order valence-electron chi connectivity index (χ3n) is 2.45. The van der Waals surface area contributed by atoms with Crippen LogP contribution in [0.1, 0.15) is 25.8 Å². The van der Waals surface area contributed by atoms with Crippen LogP contribution in [-0.2, 0) is 6.42 Å². The second kappa shape index (κ2) is 6.01. The van der Waals surface area contributed by atoms with Crippen molar-refractivity contribution in [3.63, 3.8) is 0 Å². The molecule has 0 aliphatic heterocycles. The molecule has 1 rings (SSSR count). The smallest absolute Gasteiger partial charge is 0.0314 e. The standard InChI is InChI=1S/C14H20N2/c1-3-12(5-4-11(2)15)10-13-6-8-14(16)9-7-13/h4-9H,3,10,15-16H2,1-2H3/b11-4+,12-5+. The molecule has 0 spiro atoms. The van der Waals surface area contributed by atoms with E-state index in [1.807, 2.05) is 25.1 Å². The lowest BCUT2D eigenvalue weighted by atomic mass is 10.0. The molecule has 0 amide bonds. The highest BCUT2D eigenvalue weighted by Gasteiger charge is 1.97. The second-order valence-electron chi connectivity index (χ2n) is 4.01. The van der Waals surface area contributed by atoms with Crippen LogP contribution in [0.2, 0.25) is 0 Å². The molecule has 1 aromatic rings. The van der Waals surface area contributed by atoms with Gasteiger partial charge in [0.15, 0.2) is 0 Å². The average molecular weight is 216 g/mol. The summed E-state index contributed by atoms with van der Waals surface area (Å²) >= 11 is 0. The molecule has 4 N–H and O–H groups in total. The number of benzene rings is 1. The molecule has 0 fully saturated rings. The van der Waals surface area contributed by atoms with Crippen LogP contribution >= 0.6 is 0 Å². The third-order valence-corrected chi connectivity index (χ3v) is 2.45. The summed E-state index contributed by atoms with van der Waals surface area (Å²) in [4.78, 5) is 0. The van der Waals surface area contributed by atoms with E-state index in [9.17, 15) is 0 Å². The Morgan fingerprint density at radius 2 is 1.81 bits per heavy atom. The zero-order chi connectivity index (χ0) is 12.0. The number of nitrogens with two attached hydrogens (primary N) is 2. The Bertz CT molecular complexity index is 382. The third kappa shape index (κ3) is 4.22. The van der Waals surface area contributed by atoms with Crippen LogP contribution in [0, 0.1) is 0 Å². The maximum Gasteiger partial charge on any atom is 0.0314 e. The van der Waals surface area contributed by atoms with Crippen molar-refractivity contribution in [2.24, 2.45) is 5.73 Å². The normalized spacial score (nSPS) is 12.9. The van der Waals surface area contributed by atoms with Gasteiger partial charge in [0.25, 0.3) is 0 Å². The molecule has 0 bridgehead atoms. The van der Waals surface area contributed by atoms with Crippen molar-refractivity contribution < 1.29 is 0 Å². The van der Waals surface area contributed by atoms with E-state index >= 15 is 0 Å². The van der Waals surface area contributed by atoms with Gasteiger partial charge in [0.2, 0.25) is 0 Å². The van der Waals surface area contributed by atoms with Crippen molar-refractivity contribution in [1.29, 1.82) is 0 Å². The van der Waals surface area contributed by atoms with Crippen molar-refractivity contribution in [2.45, 2.75) is 26.7 Å². The van der Waals surface area contributed by atoms with Gasteiger partial charge in [-0.2, -0.15) is 0 Å². The molecule has 0 heterocycles. The first kappa shape index (κ1) is 12.4. The van der Waals surface area contributed by atoms with Gasteiger partial charge in [-0.1, -0.05) is 30.7 Å². The lowest BCUT2D eigenvalue weighted by molar-refractivity contribution is 1.00. The second-order valence-corrected chi connectivity index (χ2v) is 4.01. The van der Waals surface area contributed by atoms with Crippen LogP contribution in [0.15, 0.2) is 47.7 Å². The van der Waals surface area contributed by atoms with Gasteiger partial charge in [0, 0.05) is 11.4 Å². The van der Waals surface area contributed by atoms with Crippen molar-refractivity contribution in [2.75, 3.05) is 5.73 Å². The number of anilines is 1. The fraction of sp³-hybridized carbons (Fsp3) is 0.286. The van der Waals surface area contributed by atoms with Gasteiger partial charge in [-0.05, 0) is 43.5 Å². The first-order valence-electron chi connectivity index (χ1n) is 5.58. The summed E-state index contributed by atoms with van der Waals surface area (Å²) in [7, 11) is 0. The Morgan fingerprint density at radius 3 is 2.31 bits per heavy atom. The predicted octanol–water partition coefficient (Wildman–Crippen LogP) is 3.01. The van der Waals surface area contributed by atoms with Gasteiger partial charge >= 0.3 is 0 Å². The summed E-state index contributed by atoms with van der Waals surface area (Å²) in [6.07, 6.45) is 6.05. The molecule has 2 nitrogen and oxygen atoms in total. The van der Waals surface area contributed by atoms with E-state index in [-0.39, 0.29) is 0 Å². The molecule has 1 aromatic carbocycles. The summed E-state index contributed by atoms with van der Waals surface area (Å²) < 4.78 is 0. The maximum absolute atomic E-state index is 5.65.